The molecule has 4 heterocycles. The number of hydrogen-bond donors (Lipinski definition) is 2. The number of aryl methyl sites for hydroxylation is 2. The smallest absolute Gasteiger partial charge is 0.274 e. The van der Waals surface area contributed by atoms with Crippen molar-refractivity contribution in [1.29, 1.82) is 0 Å². The Morgan fingerprint density at radius 3 is 2.77 bits per heavy atom. The number of nitrogens with one attached hydrogen (secondary N) is 1. The van der Waals surface area contributed by atoms with Crippen LogP contribution in [-0.2, 0) is 13.6 Å². The van der Waals surface area contributed by atoms with Gasteiger partial charge in [-0.15, -0.1) is 11.3 Å². The molecule has 1 amide bonds. The molecule has 0 aliphatic heterocycles. The van der Waals surface area contributed by atoms with E-state index in [4.69, 9.17) is 10.2 Å². The first kappa shape index (κ1) is 19.5. The van der Waals surface area contributed by atoms with Gasteiger partial charge in [0.25, 0.3) is 5.91 Å². The summed E-state index contributed by atoms with van der Waals surface area (Å²) >= 11 is 1.50. The average molecular weight is 423 g/mol. The fourth-order valence-corrected chi connectivity index (χ4v) is 3.38. The Bertz CT molecular complexity index is 1280. The van der Waals surface area contributed by atoms with Gasteiger partial charge in [0.15, 0.2) is 17.2 Å². The highest BCUT2D eigenvalue weighted by Crippen LogP contribution is 2.29. The van der Waals surface area contributed by atoms with Crippen molar-refractivity contribution >= 4 is 23.1 Å². The summed E-state index contributed by atoms with van der Waals surface area (Å²) in [6.45, 7) is 2.17. The van der Waals surface area contributed by atoms with Gasteiger partial charge in [0.05, 0.1) is 23.9 Å². The summed E-state index contributed by atoms with van der Waals surface area (Å²) in [5, 5.41) is 2.76. The number of carbonyl (C=O) groups excluding carboxylic acids is 1. The van der Waals surface area contributed by atoms with Crippen molar-refractivity contribution in [3.63, 3.8) is 0 Å². The lowest BCUT2D eigenvalue weighted by Crippen LogP contribution is -2.26. The van der Waals surface area contributed by atoms with Crippen LogP contribution in [0.1, 0.15) is 21.1 Å². The minimum atomic E-state index is -0.488. The van der Waals surface area contributed by atoms with Crippen LogP contribution in [0.25, 0.3) is 22.8 Å². The largest absolute Gasteiger partial charge is 0.443 e. The number of rotatable bonds is 5. The van der Waals surface area contributed by atoms with Crippen LogP contribution in [0.4, 0.5) is 5.82 Å². The number of anilines is 1. The Hall–Kier alpha value is -3.86. The highest BCUT2D eigenvalue weighted by molar-refractivity contribution is 7.09. The van der Waals surface area contributed by atoms with E-state index >= 15 is 0 Å². The number of thiazole rings is 1. The molecule has 0 bridgehead atoms. The average Bonchev–Trinajstić information content (AvgIpc) is 3.40. The van der Waals surface area contributed by atoms with Crippen LogP contribution in [0.2, 0.25) is 0 Å². The predicted molar refractivity (Wildman–Crippen MR) is 111 cm³/mol. The summed E-state index contributed by atoms with van der Waals surface area (Å²) in [5.74, 6) is -0.357. The molecule has 0 saturated heterocycles. The zero-order chi connectivity index (χ0) is 21.3. The van der Waals surface area contributed by atoms with E-state index in [9.17, 15) is 9.59 Å². The molecule has 3 N–H and O–H groups in total. The molecule has 0 saturated carbocycles. The van der Waals surface area contributed by atoms with Crippen LogP contribution in [0, 0.1) is 6.92 Å². The van der Waals surface area contributed by atoms with Gasteiger partial charge in [0.1, 0.15) is 12.0 Å². The number of aromatic nitrogens is 5. The third-order valence-electron chi connectivity index (χ3n) is 4.39. The molecule has 4 aromatic rings. The number of carbonyl (C=O) groups is 1. The van der Waals surface area contributed by atoms with Crippen LogP contribution in [0.15, 0.2) is 45.5 Å². The van der Waals surface area contributed by atoms with Gasteiger partial charge in [-0.2, -0.15) is 0 Å². The molecule has 0 aliphatic carbocycles. The molecule has 10 nitrogen and oxygen atoms in total. The number of nitrogens with two attached hydrogens (primary N) is 1. The predicted octanol–water partition coefficient (Wildman–Crippen LogP) is 1.77. The van der Waals surface area contributed by atoms with Gasteiger partial charge in [-0.1, -0.05) is 0 Å². The summed E-state index contributed by atoms with van der Waals surface area (Å²) < 4.78 is 6.76. The lowest BCUT2D eigenvalue weighted by Gasteiger charge is -2.12. The van der Waals surface area contributed by atoms with Gasteiger partial charge in [0.2, 0.25) is 11.4 Å². The molecule has 0 atom stereocenters. The maximum atomic E-state index is 12.8. The molecule has 4 rings (SSSR count). The molecule has 11 heteroatoms. The monoisotopic (exact) mass is 423 g/mol. The van der Waals surface area contributed by atoms with Crippen molar-refractivity contribution in [2.75, 3.05) is 5.73 Å². The molecule has 152 valence electrons. The Morgan fingerprint density at radius 1 is 1.27 bits per heavy atom. The van der Waals surface area contributed by atoms with Gasteiger partial charge in [0, 0.05) is 29.8 Å². The van der Waals surface area contributed by atoms with Gasteiger partial charge in [-0.3, -0.25) is 9.59 Å². The van der Waals surface area contributed by atoms with Crippen molar-refractivity contribution < 1.29 is 9.21 Å². The number of nitrogens with zero attached hydrogens (tertiary/aromatic N) is 5. The van der Waals surface area contributed by atoms with E-state index in [-0.39, 0.29) is 35.2 Å². The maximum Gasteiger partial charge on any atom is 0.274 e. The van der Waals surface area contributed by atoms with Crippen LogP contribution in [0.3, 0.4) is 0 Å². The lowest BCUT2D eigenvalue weighted by molar-refractivity contribution is 0.0946. The van der Waals surface area contributed by atoms with E-state index in [2.05, 4.69) is 25.3 Å². The van der Waals surface area contributed by atoms with E-state index in [0.717, 1.165) is 10.6 Å². The second kappa shape index (κ2) is 7.87. The SMILES string of the molecule is Cc1scnc1CNC(=O)c1nc(-c2ccc(=O)n(C)c2)c(-c2ncco2)nc1N. The molecular weight excluding hydrogens is 406 g/mol. The van der Waals surface area contributed by atoms with Crippen LogP contribution in [-0.4, -0.2) is 30.4 Å². The topological polar surface area (TPSA) is 142 Å². The zero-order valence-corrected chi connectivity index (χ0v) is 16.9. The van der Waals surface area contributed by atoms with Crippen molar-refractivity contribution in [1.82, 2.24) is 29.8 Å². The van der Waals surface area contributed by atoms with Crippen LogP contribution < -0.4 is 16.6 Å². The Morgan fingerprint density at radius 2 is 2.10 bits per heavy atom. The van der Waals surface area contributed by atoms with Gasteiger partial charge in [-0.25, -0.2) is 19.9 Å². The maximum absolute atomic E-state index is 12.8. The Labute approximate surface area is 174 Å². The fraction of sp³-hybridized carbons (Fsp3) is 0.158. The van der Waals surface area contributed by atoms with E-state index in [1.165, 1.54) is 34.4 Å². The second-order valence-electron chi connectivity index (χ2n) is 6.40. The van der Waals surface area contributed by atoms with E-state index in [1.807, 2.05) is 6.92 Å². The van der Waals surface area contributed by atoms with Crippen molar-refractivity contribution in [2.24, 2.45) is 7.05 Å². The minimum Gasteiger partial charge on any atom is -0.443 e. The quantitative estimate of drug-likeness (QED) is 0.495. The normalized spacial score (nSPS) is 10.9. The van der Waals surface area contributed by atoms with E-state index in [1.54, 1.807) is 24.8 Å². The van der Waals surface area contributed by atoms with Crippen molar-refractivity contribution in [3.8, 4) is 22.8 Å². The van der Waals surface area contributed by atoms with Crippen molar-refractivity contribution in [2.45, 2.75) is 13.5 Å². The molecule has 4 aromatic heterocycles. The van der Waals surface area contributed by atoms with E-state index in [0.29, 0.717) is 11.3 Å². The summed E-state index contributed by atoms with van der Waals surface area (Å²) in [7, 11) is 1.62. The first-order valence-corrected chi connectivity index (χ1v) is 9.73. The standard InChI is InChI=1S/C19H17N7O3S/c1-10-12(23-9-30-10)7-22-18(28)16-17(20)25-15(19-21-5-6-29-19)14(24-16)11-3-4-13(27)26(2)8-11/h3-6,8-9H,7H2,1-2H3,(H2,20,25)(H,22,28). The molecule has 30 heavy (non-hydrogen) atoms. The Kier molecular flexibility index (Phi) is 5.11. The number of nitrogen functional groups attached to an aromatic ring is 1. The summed E-state index contributed by atoms with van der Waals surface area (Å²) in [4.78, 5) is 42.7. The Balaban J connectivity index is 1.76. The first-order chi connectivity index (χ1) is 14.4. The summed E-state index contributed by atoms with van der Waals surface area (Å²) in [5.41, 5.74) is 9.44. The van der Waals surface area contributed by atoms with Crippen LogP contribution in [0.5, 0.6) is 0 Å². The molecule has 0 radical (unpaired) electrons. The molecule has 0 fully saturated rings. The highest BCUT2D eigenvalue weighted by Gasteiger charge is 2.22. The summed E-state index contributed by atoms with van der Waals surface area (Å²) in [6, 6.07) is 2.99. The third-order valence-corrected chi connectivity index (χ3v) is 5.19. The van der Waals surface area contributed by atoms with Crippen LogP contribution >= 0.6 is 11.3 Å². The van der Waals surface area contributed by atoms with Crippen molar-refractivity contribution in [3.05, 3.63) is 62.9 Å². The highest BCUT2D eigenvalue weighted by atomic mass is 32.1. The number of amides is 1. The van der Waals surface area contributed by atoms with E-state index < -0.39 is 5.91 Å². The van der Waals surface area contributed by atoms with Gasteiger partial charge >= 0.3 is 0 Å². The number of pyridine rings is 1. The fourth-order valence-electron chi connectivity index (χ4n) is 2.79. The molecule has 0 aromatic carbocycles. The summed E-state index contributed by atoms with van der Waals surface area (Å²) in [6.07, 6.45) is 4.46. The second-order valence-corrected chi connectivity index (χ2v) is 7.46. The molecule has 0 aliphatic rings. The first-order valence-electron chi connectivity index (χ1n) is 8.85. The van der Waals surface area contributed by atoms with Gasteiger partial charge in [-0.05, 0) is 13.0 Å². The number of hydrogen-bond acceptors (Lipinski definition) is 9. The minimum absolute atomic E-state index is 0.0398. The number of oxazole rings is 1. The molecule has 0 unspecified atom stereocenters. The van der Waals surface area contributed by atoms with Gasteiger partial charge < -0.3 is 20.0 Å². The molecule has 0 spiro atoms. The third kappa shape index (κ3) is 3.70. The zero-order valence-electron chi connectivity index (χ0n) is 16.1. The molecular formula is C19H17N7O3S. The lowest BCUT2D eigenvalue weighted by atomic mass is 10.1.